The van der Waals surface area contributed by atoms with Gasteiger partial charge in [0.05, 0.1) is 9.85 Å². The van der Waals surface area contributed by atoms with Gasteiger partial charge in [-0.1, -0.05) is 202 Å². The first-order valence-corrected chi connectivity index (χ1v) is 30.4. The molecule has 8 nitrogen and oxygen atoms in total. The van der Waals surface area contributed by atoms with Crippen LogP contribution in [0.5, 0.6) is 0 Å². The van der Waals surface area contributed by atoms with Gasteiger partial charge < -0.3 is 9.80 Å². The van der Waals surface area contributed by atoms with Crippen molar-refractivity contribution in [2.45, 2.75) is 156 Å². The van der Waals surface area contributed by atoms with Gasteiger partial charge in [0, 0.05) is 61.8 Å². The molecule has 0 saturated heterocycles. The van der Waals surface area contributed by atoms with Gasteiger partial charge in [-0.25, -0.2) is 0 Å². The summed E-state index contributed by atoms with van der Waals surface area (Å²) in [5.41, 5.74) is 16.6. The Labute approximate surface area is 479 Å². The molecule has 80 heavy (non-hydrogen) atoms. The van der Waals surface area contributed by atoms with Gasteiger partial charge in [-0.15, -0.1) is 0 Å². The van der Waals surface area contributed by atoms with E-state index in [-0.39, 0.29) is 21.2 Å². The summed E-state index contributed by atoms with van der Waals surface area (Å²) in [4.78, 5) is 27.5. The lowest BCUT2D eigenvalue weighted by molar-refractivity contribution is -0.385. The average molecular weight is 1070 g/mol. The molecule has 6 aromatic rings. The van der Waals surface area contributed by atoms with E-state index in [9.17, 15) is 20.2 Å². The molecular formula is C72H88N4O4. The Morgan fingerprint density at radius 3 is 0.800 bits per heavy atom. The molecule has 0 fully saturated rings. The van der Waals surface area contributed by atoms with Gasteiger partial charge in [0.1, 0.15) is 0 Å². The summed E-state index contributed by atoms with van der Waals surface area (Å²) >= 11 is 0. The highest BCUT2D eigenvalue weighted by Crippen LogP contribution is 2.32. The SMILES string of the molecule is CCCCCCN(CCCCCC)c1ccc(/C=C\c2cc3c(/C=C/c4ccc([N+](=O)[O-])cc4)cc2CCc2cc(/C=C/c4ccc(N(CCCCCC)CCCCCC)cc4)c(cc2/C=C/c2ccc([N+](=O)[O-])cc2)CC3)cc1. The first-order chi connectivity index (χ1) is 39.1. The first-order valence-electron chi connectivity index (χ1n) is 30.4. The molecule has 0 N–H and O–H groups in total. The molecule has 0 radical (unpaired) electrons. The fraction of sp³-hybridized carbons (Fsp3) is 0.389. The van der Waals surface area contributed by atoms with Gasteiger partial charge in [-0.2, -0.15) is 0 Å². The first kappa shape index (κ1) is 60.3. The standard InChI is InChI=1S/C72H88N4O4/c1-5-9-13-17-49-73(50-18-14-10-6-2)69-41-25-57(26-42-69)21-33-61-53-67-40-38-66-56-64(36-24-60-31-47-72(48-32-60)76(79)80)68(39-37-65(61)55-63(67)35-23-59-29-45-71(46-30-59)75(77)78)54-62(66)34-22-58-27-43-70(44-28-58)74(51-19-15-11-7-3)52-20-16-12-8-4/h21-36,41-48,53-56H,5-20,37-40,49-52H2,1-4H3/b33-21-,34-22+,35-23+,36-24+. The molecule has 0 spiro atoms. The van der Waals surface area contributed by atoms with Crippen LogP contribution in [0.2, 0.25) is 0 Å². The molecule has 8 heteroatoms. The van der Waals surface area contributed by atoms with Crippen LogP contribution < -0.4 is 9.80 Å². The molecule has 4 bridgehead atoms. The number of rotatable bonds is 32. The maximum Gasteiger partial charge on any atom is 0.269 e. The minimum Gasteiger partial charge on any atom is -0.372 e. The molecule has 4 aliphatic carbocycles. The molecule has 6 aromatic carbocycles. The second-order valence-corrected chi connectivity index (χ2v) is 21.9. The van der Waals surface area contributed by atoms with Gasteiger partial charge >= 0.3 is 0 Å². The van der Waals surface area contributed by atoms with Crippen molar-refractivity contribution in [2.24, 2.45) is 0 Å². The second kappa shape index (κ2) is 32.7. The number of non-ortho nitro benzene ring substituents is 2. The molecule has 4 aliphatic rings. The molecule has 0 amide bonds. The topological polar surface area (TPSA) is 92.8 Å². The monoisotopic (exact) mass is 1070 g/mol. The number of aryl methyl sites for hydroxylation is 4. The molecule has 0 aliphatic heterocycles. The van der Waals surface area contributed by atoms with E-state index >= 15 is 0 Å². The number of anilines is 2. The Balaban J connectivity index is 1.23. The van der Waals surface area contributed by atoms with Crippen LogP contribution in [-0.4, -0.2) is 36.0 Å². The van der Waals surface area contributed by atoms with Crippen molar-refractivity contribution in [3.63, 3.8) is 0 Å². The lowest BCUT2D eigenvalue weighted by Crippen LogP contribution is -2.25. The highest BCUT2D eigenvalue weighted by molar-refractivity contribution is 5.79. The maximum atomic E-state index is 11.5. The zero-order valence-electron chi connectivity index (χ0n) is 48.6. The lowest BCUT2D eigenvalue weighted by atomic mass is 9.86. The Hall–Kier alpha value is -7.32. The van der Waals surface area contributed by atoms with Gasteiger partial charge in [-0.05, 0) is 167 Å². The zero-order chi connectivity index (χ0) is 56.3. The van der Waals surface area contributed by atoms with Gasteiger partial charge in [0.25, 0.3) is 11.4 Å². The second-order valence-electron chi connectivity index (χ2n) is 21.9. The van der Waals surface area contributed by atoms with Crippen molar-refractivity contribution in [2.75, 3.05) is 36.0 Å². The van der Waals surface area contributed by atoms with Crippen LogP contribution in [-0.2, 0) is 25.7 Å². The summed E-state index contributed by atoms with van der Waals surface area (Å²) < 4.78 is 0. The van der Waals surface area contributed by atoms with Gasteiger partial charge in [-0.3, -0.25) is 20.2 Å². The van der Waals surface area contributed by atoms with Crippen LogP contribution in [0.1, 0.15) is 197 Å². The van der Waals surface area contributed by atoms with Crippen molar-refractivity contribution in [1.82, 2.24) is 0 Å². The van der Waals surface area contributed by atoms with Gasteiger partial charge in [0.2, 0.25) is 0 Å². The number of unbranched alkanes of at least 4 members (excludes halogenated alkanes) is 12. The summed E-state index contributed by atoms with van der Waals surface area (Å²) in [5, 5.41) is 23.0. The Kier molecular flexibility index (Phi) is 24.6. The van der Waals surface area contributed by atoms with Crippen LogP contribution in [0.3, 0.4) is 0 Å². The fourth-order valence-electron chi connectivity index (χ4n) is 10.9. The van der Waals surface area contributed by atoms with Crippen LogP contribution in [0.25, 0.3) is 48.6 Å². The quantitative estimate of drug-likeness (QED) is 0.0181. The Morgan fingerprint density at radius 1 is 0.338 bits per heavy atom. The number of hydrogen-bond acceptors (Lipinski definition) is 6. The van der Waals surface area contributed by atoms with Crippen molar-refractivity contribution in [1.29, 1.82) is 0 Å². The highest BCUT2D eigenvalue weighted by Gasteiger charge is 2.16. The minimum absolute atomic E-state index is 0.0787. The predicted molar refractivity (Wildman–Crippen MR) is 343 cm³/mol. The van der Waals surface area contributed by atoms with Crippen molar-refractivity contribution < 1.29 is 9.85 Å². The van der Waals surface area contributed by atoms with Crippen molar-refractivity contribution >= 4 is 71.4 Å². The lowest BCUT2D eigenvalue weighted by Gasteiger charge is -2.25. The van der Waals surface area contributed by atoms with Crippen LogP contribution >= 0.6 is 0 Å². The van der Waals surface area contributed by atoms with E-state index in [0.717, 1.165) is 74.1 Å². The van der Waals surface area contributed by atoms with Crippen LogP contribution in [0.15, 0.2) is 121 Å². The minimum atomic E-state index is -0.356. The number of nitro groups is 2. The van der Waals surface area contributed by atoms with E-state index < -0.39 is 0 Å². The summed E-state index contributed by atoms with van der Waals surface area (Å²) in [6.07, 6.45) is 40.9. The third kappa shape index (κ3) is 18.9. The third-order valence-corrected chi connectivity index (χ3v) is 15.8. The number of hydrogen-bond donors (Lipinski definition) is 0. The summed E-state index contributed by atoms with van der Waals surface area (Å²) in [6, 6.07) is 41.3. The van der Waals surface area contributed by atoms with E-state index in [2.05, 4.69) is 159 Å². The van der Waals surface area contributed by atoms with Crippen molar-refractivity contribution in [3.05, 3.63) is 208 Å². The van der Waals surface area contributed by atoms with E-state index in [1.54, 1.807) is 24.3 Å². The zero-order valence-corrected chi connectivity index (χ0v) is 48.6. The van der Waals surface area contributed by atoms with Gasteiger partial charge in [0.15, 0.2) is 0 Å². The number of nitrogens with zero attached hydrogens (tertiary/aromatic N) is 4. The Morgan fingerprint density at radius 2 is 0.575 bits per heavy atom. The molecule has 0 saturated carbocycles. The largest absolute Gasteiger partial charge is 0.372 e. The molecule has 0 atom stereocenters. The molecular weight excluding hydrogens is 985 g/mol. The van der Waals surface area contributed by atoms with Crippen molar-refractivity contribution in [3.8, 4) is 0 Å². The van der Waals surface area contributed by atoms with Crippen LogP contribution in [0, 0.1) is 20.2 Å². The molecule has 0 aromatic heterocycles. The van der Waals surface area contributed by atoms with E-state index in [1.165, 1.54) is 159 Å². The molecule has 10 rings (SSSR count). The normalized spacial score (nSPS) is 12.6. The maximum absolute atomic E-state index is 11.5. The average Bonchev–Trinajstić information content (AvgIpc) is 3.48. The van der Waals surface area contributed by atoms with Crippen LogP contribution in [0.4, 0.5) is 22.7 Å². The smallest absolute Gasteiger partial charge is 0.269 e. The number of nitro benzene ring substituents is 2. The summed E-state index contributed by atoms with van der Waals surface area (Å²) in [7, 11) is 0. The highest BCUT2D eigenvalue weighted by atomic mass is 16.6. The molecule has 420 valence electrons. The predicted octanol–water partition coefficient (Wildman–Crippen LogP) is 20.0. The summed E-state index contributed by atoms with van der Waals surface area (Å²) in [6.45, 7) is 13.5. The molecule has 0 unspecified atom stereocenters. The number of benzene rings is 6. The molecule has 0 heterocycles. The van der Waals surface area contributed by atoms with E-state index in [4.69, 9.17) is 0 Å². The Bertz CT molecular complexity index is 2760. The summed E-state index contributed by atoms with van der Waals surface area (Å²) in [5.74, 6) is 0. The fourth-order valence-corrected chi connectivity index (χ4v) is 10.9. The third-order valence-electron chi connectivity index (χ3n) is 15.8. The van der Waals surface area contributed by atoms with E-state index in [0.29, 0.717) is 0 Å². The van der Waals surface area contributed by atoms with E-state index in [1.807, 2.05) is 24.3 Å².